The summed E-state index contributed by atoms with van der Waals surface area (Å²) in [6, 6.07) is 11.4. The number of nitrogens with zero attached hydrogens (tertiary/aromatic N) is 1. The molecule has 4 aliphatic rings. The van der Waals surface area contributed by atoms with E-state index in [9.17, 15) is 18.3 Å². The number of hydrogen-bond donors (Lipinski definition) is 3. The fourth-order valence-corrected chi connectivity index (χ4v) is 9.81. The molecule has 0 radical (unpaired) electrons. The van der Waals surface area contributed by atoms with Crippen LogP contribution < -0.4 is 19.7 Å². The van der Waals surface area contributed by atoms with E-state index in [0.29, 0.717) is 38.3 Å². The molecule has 240 valence electrons. The molecular weight excluding hydrogens is 598 g/mol. The van der Waals surface area contributed by atoms with E-state index in [1.807, 2.05) is 27.0 Å². The van der Waals surface area contributed by atoms with Crippen LogP contribution >= 0.6 is 11.6 Å². The van der Waals surface area contributed by atoms with Gasteiger partial charge in [-0.15, -0.1) is 0 Å². The highest BCUT2D eigenvalue weighted by Gasteiger charge is 2.48. The van der Waals surface area contributed by atoms with E-state index in [4.69, 9.17) is 16.3 Å². The van der Waals surface area contributed by atoms with Crippen molar-refractivity contribution < 1.29 is 23.1 Å². The van der Waals surface area contributed by atoms with Gasteiger partial charge in [0, 0.05) is 35.1 Å². The predicted molar refractivity (Wildman–Crippen MR) is 174 cm³/mol. The van der Waals surface area contributed by atoms with E-state index in [1.165, 1.54) is 11.1 Å². The average molecular weight is 644 g/mol. The van der Waals surface area contributed by atoms with E-state index in [2.05, 4.69) is 27.1 Å². The van der Waals surface area contributed by atoms with Crippen LogP contribution in [-0.4, -0.2) is 63.1 Å². The average Bonchev–Trinajstić information content (AvgIpc) is 3.10. The van der Waals surface area contributed by atoms with Crippen molar-refractivity contribution in [2.75, 3.05) is 31.6 Å². The highest BCUT2D eigenvalue weighted by Crippen LogP contribution is 2.48. The maximum Gasteiger partial charge on any atom is 0.264 e. The Labute approximate surface area is 266 Å². The van der Waals surface area contributed by atoms with Gasteiger partial charge in [-0.25, -0.2) is 13.1 Å². The monoisotopic (exact) mass is 643 g/mol. The molecule has 7 atom stereocenters. The van der Waals surface area contributed by atoms with Crippen molar-refractivity contribution in [2.24, 2.45) is 17.8 Å². The van der Waals surface area contributed by atoms with Crippen LogP contribution in [0.4, 0.5) is 5.69 Å². The van der Waals surface area contributed by atoms with E-state index < -0.39 is 26.8 Å². The summed E-state index contributed by atoms with van der Waals surface area (Å²) in [5, 5.41) is 15.2. The van der Waals surface area contributed by atoms with Gasteiger partial charge in [0.15, 0.2) is 0 Å². The molecule has 2 heterocycles. The summed E-state index contributed by atoms with van der Waals surface area (Å²) in [5.74, 6) is 0.184. The number of carbonyl (C=O) groups is 1. The molecule has 6 rings (SSSR count). The Morgan fingerprint density at radius 1 is 1.16 bits per heavy atom. The Morgan fingerprint density at radius 2 is 1.95 bits per heavy atom. The molecule has 2 aromatic carbocycles. The highest BCUT2D eigenvalue weighted by molar-refractivity contribution is 7.90. The lowest BCUT2D eigenvalue weighted by Gasteiger charge is -2.49. The van der Waals surface area contributed by atoms with Gasteiger partial charge >= 0.3 is 0 Å². The van der Waals surface area contributed by atoms with Crippen LogP contribution in [0, 0.1) is 17.8 Å². The summed E-state index contributed by atoms with van der Waals surface area (Å²) in [6.45, 7) is 7.39. The van der Waals surface area contributed by atoms with E-state index in [0.717, 1.165) is 42.8 Å². The van der Waals surface area contributed by atoms with Crippen LogP contribution in [0.2, 0.25) is 5.02 Å². The number of aryl methyl sites for hydroxylation is 1. The predicted octanol–water partition coefficient (Wildman–Crippen LogP) is 5.06. The lowest BCUT2D eigenvalue weighted by molar-refractivity contribution is -0.0790. The number of carbonyl (C=O) groups excluding carboxylic acids is 1. The number of rotatable bonds is 1. The lowest BCUT2D eigenvalue weighted by Crippen LogP contribution is -2.53. The summed E-state index contributed by atoms with van der Waals surface area (Å²) in [6.07, 6.45) is 6.01. The molecule has 1 spiro atoms. The first kappa shape index (κ1) is 31.6. The Bertz CT molecular complexity index is 1530. The zero-order valence-electron chi connectivity index (χ0n) is 26.2. The zero-order valence-corrected chi connectivity index (χ0v) is 27.8. The number of hydrogen-bond acceptors (Lipinski definition) is 7. The van der Waals surface area contributed by atoms with E-state index in [1.54, 1.807) is 25.1 Å². The number of amides is 1. The SMILES string of the molecule is CN[C@@H]1C[C@H](C)[C@@H](C)S(=O)(=O)NC(=O)c2ccc3c(c2)N(C[C@@H]2CC[C@H]2[C@@](C)(O)C1)C[C@@]1(CCCc2cc(Cl)ccc21)CO3. The third-order valence-electron chi connectivity index (χ3n) is 11.2. The number of ether oxygens (including phenoxy) is 1. The summed E-state index contributed by atoms with van der Waals surface area (Å²) < 4.78 is 35.7. The minimum atomic E-state index is -3.95. The fraction of sp³-hybridized carbons (Fsp3) is 0.618. The molecule has 3 N–H and O–H groups in total. The summed E-state index contributed by atoms with van der Waals surface area (Å²) in [7, 11) is -2.09. The second kappa shape index (κ2) is 11.8. The number of benzene rings is 2. The maximum atomic E-state index is 13.5. The van der Waals surface area contributed by atoms with Crippen molar-refractivity contribution in [3.63, 3.8) is 0 Å². The van der Waals surface area contributed by atoms with E-state index in [-0.39, 0.29) is 34.8 Å². The maximum absolute atomic E-state index is 13.5. The molecule has 2 bridgehead atoms. The van der Waals surface area contributed by atoms with Gasteiger partial charge in [0.05, 0.1) is 23.1 Å². The molecule has 10 heteroatoms. The molecule has 0 saturated heterocycles. The van der Waals surface area contributed by atoms with Crippen molar-refractivity contribution in [1.29, 1.82) is 0 Å². The molecule has 1 saturated carbocycles. The lowest BCUT2D eigenvalue weighted by atomic mass is 9.63. The first-order valence-corrected chi connectivity index (χ1v) is 18.0. The number of fused-ring (bicyclic) bond motifs is 4. The topological polar surface area (TPSA) is 108 Å². The summed E-state index contributed by atoms with van der Waals surface area (Å²) in [5.41, 5.74) is 2.40. The second-order valence-electron chi connectivity index (χ2n) is 14.2. The Morgan fingerprint density at radius 3 is 2.68 bits per heavy atom. The molecule has 2 aromatic rings. The van der Waals surface area contributed by atoms with Gasteiger partial charge in [-0.1, -0.05) is 24.6 Å². The molecule has 2 aliphatic heterocycles. The first-order chi connectivity index (χ1) is 20.8. The van der Waals surface area contributed by atoms with Gasteiger partial charge in [-0.2, -0.15) is 0 Å². The van der Waals surface area contributed by atoms with Gasteiger partial charge in [-0.3, -0.25) is 4.79 Å². The van der Waals surface area contributed by atoms with Crippen LogP contribution in [0.5, 0.6) is 5.75 Å². The van der Waals surface area contributed by atoms with Crippen LogP contribution in [0.15, 0.2) is 36.4 Å². The standard InChI is InChI=1S/C34H46ClN3O5S/c1-21-14-27(36-4)17-33(3,40)28-10-7-25(28)18-38-19-34(13-5-6-23-15-26(35)9-11-29(23)34)20-43-31-12-8-24(16-30(31)38)32(39)37-44(41,42)22(21)2/h8-9,11-12,15-16,21-22,25,27-28,36,40H,5-7,10,13-14,17-20H2,1-4H3,(H,37,39)/t21-,22+,25-,27+,28+,33-,34-/m0/s1. The first-order valence-electron chi connectivity index (χ1n) is 16.1. The molecule has 0 unspecified atom stereocenters. The van der Waals surface area contributed by atoms with Crippen molar-refractivity contribution in [2.45, 2.75) is 88.0 Å². The van der Waals surface area contributed by atoms with Gasteiger partial charge in [0.25, 0.3) is 5.91 Å². The van der Waals surface area contributed by atoms with Crippen molar-refractivity contribution in [3.05, 3.63) is 58.1 Å². The molecule has 2 aliphatic carbocycles. The van der Waals surface area contributed by atoms with Gasteiger partial charge in [0.1, 0.15) is 5.75 Å². The van der Waals surface area contributed by atoms with Crippen molar-refractivity contribution in [3.8, 4) is 5.75 Å². The van der Waals surface area contributed by atoms with Crippen LogP contribution in [0.3, 0.4) is 0 Å². The smallest absolute Gasteiger partial charge is 0.264 e. The van der Waals surface area contributed by atoms with Gasteiger partial charge in [0.2, 0.25) is 10.0 Å². The molecule has 44 heavy (non-hydrogen) atoms. The molecule has 1 amide bonds. The second-order valence-corrected chi connectivity index (χ2v) is 16.6. The third kappa shape index (κ3) is 5.85. The highest BCUT2D eigenvalue weighted by atomic mass is 35.5. The van der Waals surface area contributed by atoms with Crippen molar-refractivity contribution >= 4 is 33.2 Å². The third-order valence-corrected chi connectivity index (χ3v) is 13.4. The number of anilines is 1. The number of aliphatic hydroxyl groups is 1. The normalized spacial score (nSPS) is 35.4. The Balaban J connectivity index is 1.43. The van der Waals surface area contributed by atoms with E-state index >= 15 is 0 Å². The Kier molecular flexibility index (Phi) is 8.48. The summed E-state index contributed by atoms with van der Waals surface area (Å²) in [4.78, 5) is 15.8. The van der Waals surface area contributed by atoms with Crippen LogP contribution in [0.1, 0.15) is 80.8 Å². The summed E-state index contributed by atoms with van der Waals surface area (Å²) >= 11 is 6.41. The van der Waals surface area contributed by atoms with Crippen LogP contribution in [-0.2, 0) is 21.9 Å². The quantitative estimate of drug-likeness (QED) is 0.399. The van der Waals surface area contributed by atoms with Gasteiger partial charge < -0.3 is 20.1 Å². The minimum Gasteiger partial charge on any atom is -0.490 e. The van der Waals surface area contributed by atoms with Crippen LogP contribution in [0.25, 0.3) is 0 Å². The Hall–Kier alpha value is -2.33. The zero-order chi connectivity index (χ0) is 31.4. The molecule has 1 fully saturated rings. The van der Waals surface area contributed by atoms with Gasteiger partial charge in [-0.05, 0) is 125 Å². The fourth-order valence-electron chi connectivity index (χ4n) is 8.33. The molecular formula is C34H46ClN3O5S. The number of halogens is 1. The largest absolute Gasteiger partial charge is 0.490 e. The minimum absolute atomic E-state index is 0.0674. The number of nitrogens with one attached hydrogen (secondary N) is 2. The van der Waals surface area contributed by atoms with Crippen molar-refractivity contribution in [1.82, 2.24) is 10.0 Å². The molecule has 8 nitrogen and oxygen atoms in total. The number of sulfonamides is 1. The molecule has 0 aromatic heterocycles.